The molecule has 5 heteroatoms. The first-order valence-corrected chi connectivity index (χ1v) is 7.24. The molecule has 2 atom stereocenters. The molecule has 3 rings (SSSR count). The zero-order valence-corrected chi connectivity index (χ0v) is 11.6. The lowest BCUT2D eigenvalue weighted by atomic mass is 10.1. The number of nitrogens with one attached hydrogen (secondary N) is 2. The van der Waals surface area contributed by atoms with Gasteiger partial charge in [-0.1, -0.05) is 0 Å². The predicted molar refractivity (Wildman–Crippen MR) is 75.4 cm³/mol. The number of aryl methyl sites for hydroxylation is 1. The number of aromatic nitrogens is 2. The molecule has 19 heavy (non-hydrogen) atoms. The Labute approximate surface area is 114 Å². The highest BCUT2D eigenvalue weighted by atomic mass is 16.5. The maximum Gasteiger partial charge on any atom is 0.224 e. The highest BCUT2D eigenvalue weighted by Gasteiger charge is 2.40. The van der Waals surface area contributed by atoms with Gasteiger partial charge in [0.2, 0.25) is 5.95 Å². The first-order valence-electron chi connectivity index (χ1n) is 7.24. The number of hydrogen-bond acceptors (Lipinski definition) is 5. The molecule has 1 aromatic heterocycles. The number of hydrogen-bond donors (Lipinski definition) is 2. The van der Waals surface area contributed by atoms with Crippen LogP contribution in [0.4, 0.5) is 11.8 Å². The molecule has 1 aliphatic heterocycles. The van der Waals surface area contributed by atoms with E-state index in [0.717, 1.165) is 37.0 Å². The van der Waals surface area contributed by atoms with Gasteiger partial charge in [0, 0.05) is 24.9 Å². The van der Waals surface area contributed by atoms with Crippen LogP contribution in [-0.2, 0) is 4.74 Å². The van der Waals surface area contributed by atoms with Gasteiger partial charge in [0.15, 0.2) is 0 Å². The lowest BCUT2D eigenvalue weighted by molar-refractivity contribution is 0.0898. The summed E-state index contributed by atoms with van der Waals surface area (Å²) in [4.78, 5) is 8.88. The first-order chi connectivity index (χ1) is 9.26. The fraction of sp³-hybridized carbons (Fsp3) is 0.714. The molecule has 1 saturated carbocycles. The molecule has 2 heterocycles. The summed E-state index contributed by atoms with van der Waals surface area (Å²) in [6.45, 7) is 5.74. The second-order valence-electron chi connectivity index (χ2n) is 5.46. The van der Waals surface area contributed by atoms with Gasteiger partial charge in [0.1, 0.15) is 5.82 Å². The molecule has 0 bridgehead atoms. The Hall–Kier alpha value is -1.36. The van der Waals surface area contributed by atoms with E-state index in [9.17, 15) is 0 Å². The van der Waals surface area contributed by atoms with Crippen LogP contribution in [0.3, 0.4) is 0 Å². The zero-order valence-electron chi connectivity index (χ0n) is 11.6. The van der Waals surface area contributed by atoms with Crippen molar-refractivity contribution in [2.24, 2.45) is 5.92 Å². The van der Waals surface area contributed by atoms with E-state index < -0.39 is 0 Å². The van der Waals surface area contributed by atoms with Crippen LogP contribution in [0, 0.1) is 12.8 Å². The molecule has 2 unspecified atom stereocenters. The smallest absolute Gasteiger partial charge is 0.224 e. The van der Waals surface area contributed by atoms with E-state index >= 15 is 0 Å². The van der Waals surface area contributed by atoms with Crippen molar-refractivity contribution in [3.8, 4) is 0 Å². The molecule has 0 spiro atoms. The summed E-state index contributed by atoms with van der Waals surface area (Å²) in [7, 11) is 0. The van der Waals surface area contributed by atoms with Crippen molar-refractivity contribution in [1.29, 1.82) is 0 Å². The highest BCUT2D eigenvalue weighted by Crippen LogP contribution is 2.39. The molecule has 1 aliphatic carbocycles. The molecule has 5 nitrogen and oxygen atoms in total. The Morgan fingerprint density at radius 2 is 2.16 bits per heavy atom. The molecule has 104 valence electrons. The van der Waals surface area contributed by atoms with Gasteiger partial charge in [-0.3, -0.25) is 0 Å². The van der Waals surface area contributed by atoms with E-state index in [2.05, 4.69) is 20.6 Å². The van der Waals surface area contributed by atoms with Gasteiger partial charge in [-0.15, -0.1) is 0 Å². The standard InChI is InChI=1S/C14H22N4O/c1-3-15-14-16-9(2)8-12(18-14)17-11-6-7-19-13(11)10-4-5-10/h8,10-11,13H,3-7H2,1-2H3,(H2,15,16,17,18). The summed E-state index contributed by atoms with van der Waals surface area (Å²) >= 11 is 0. The fourth-order valence-electron chi connectivity index (χ4n) is 2.72. The van der Waals surface area contributed by atoms with Gasteiger partial charge in [-0.2, -0.15) is 4.98 Å². The third-order valence-electron chi connectivity index (χ3n) is 3.74. The van der Waals surface area contributed by atoms with Gasteiger partial charge in [-0.05, 0) is 39.0 Å². The quantitative estimate of drug-likeness (QED) is 0.852. The van der Waals surface area contributed by atoms with Crippen molar-refractivity contribution in [2.45, 2.75) is 45.3 Å². The number of anilines is 2. The van der Waals surface area contributed by atoms with Gasteiger partial charge in [0.05, 0.1) is 12.1 Å². The predicted octanol–water partition coefficient (Wildman–Crippen LogP) is 2.20. The summed E-state index contributed by atoms with van der Waals surface area (Å²) in [5.41, 5.74) is 0.982. The molecule has 0 amide bonds. The van der Waals surface area contributed by atoms with Crippen molar-refractivity contribution in [1.82, 2.24) is 9.97 Å². The fourth-order valence-corrected chi connectivity index (χ4v) is 2.72. The normalized spacial score (nSPS) is 26.4. The zero-order chi connectivity index (χ0) is 13.2. The van der Waals surface area contributed by atoms with Crippen LogP contribution >= 0.6 is 0 Å². The Balaban J connectivity index is 1.71. The van der Waals surface area contributed by atoms with E-state index in [-0.39, 0.29) is 0 Å². The summed E-state index contributed by atoms with van der Waals surface area (Å²) in [6, 6.07) is 2.40. The minimum absolute atomic E-state index is 0.373. The van der Waals surface area contributed by atoms with Crippen LogP contribution < -0.4 is 10.6 Å². The van der Waals surface area contributed by atoms with Gasteiger partial charge >= 0.3 is 0 Å². The van der Waals surface area contributed by atoms with Crippen LogP contribution in [0.15, 0.2) is 6.07 Å². The molecular weight excluding hydrogens is 240 g/mol. The van der Waals surface area contributed by atoms with E-state index in [4.69, 9.17) is 4.74 Å². The second-order valence-corrected chi connectivity index (χ2v) is 5.46. The monoisotopic (exact) mass is 262 g/mol. The van der Waals surface area contributed by atoms with Crippen LogP contribution in [0.1, 0.15) is 31.9 Å². The number of nitrogens with zero attached hydrogens (tertiary/aromatic N) is 2. The molecule has 0 aromatic carbocycles. The van der Waals surface area contributed by atoms with E-state index in [1.165, 1.54) is 12.8 Å². The van der Waals surface area contributed by atoms with Gasteiger partial charge in [-0.25, -0.2) is 4.98 Å². The third kappa shape index (κ3) is 2.97. The summed E-state index contributed by atoms with van der Waals surface area (Å²) in [6.07, 6.45) is 4.07. The Morgan fingerprint density at radius 1 is 1.32 bits per heavy atom. The van der Waals surface area contributed by atoms with Gasteiger partial charge < -0.3 is 15.4 Å². The van der Waals surface area contributed by atoms with Crippen molar-refractivity contribution >= 4 is 11.8 Å². The van der Waals surface area contributed by atoms with E-state index in [0.29, 0.717) is 18.1 Å². The Bertz CT molecular complexity index is 447. The third-order valence-corrected chi connectivity index (χ3v) is 3.74. The van der Waals surface area contributed by atoms with Crippen molar-refractivity contribution in [2.75, 3.05) is 23.8 Å². The van der Waals surface area contributed by atoms with Crippen LogP contribution in [0.25, 0.3) is 0 Å². The van der Waals surface area contributed by atoms with E-state index in [1.807, 2.05) is 19.9 Å². The topological polar surface area (TPSA) is 59.1 Å². The van der Waals surface area contributed by atoms with Crippen molar-refractivity contribution in [3.63, 3.8) is 0 Å². The van der Waals surface area contributed by atoms with Crippen molar-refractivity contribution in [3.05, 3.63) is 11.8 Å². The maximum atomic E-state index is 5.85. The van der Waals surface area contributed by atoms with Crippen LogP contribution in [-0.4, -0.2) is 35.3 Å². The SMILES string of the molecule is CCNc1nc(C)cc(NC2CCOC2C2CC2)n1. The maximum absolute atomic E-state index is 5.85. The Kier molecular flexibility index (Phi) is 3.55. The van der Waals surface area contributed by atoms with Gasteiger partial charge in [0.25, 0.3) is 0 Å². The molecule has 2 aliphatic rings. The lowest BCUT2D eigenvalue weighted by Gasteiger charge is -2.20. The largest absolute Gasteiger partial charge is 0.376 e. The Morgan fingerprint density at radius 3 is 2.89 bits per heavy atom. The molecular formula is C14H22N4O. The molecule has 2 N–H and O–H groups in total. The summed E-state index contributed by atoms with van der Waals surface area (Å²) < 4.78 is 5.85. The summed E-state index contributed by atoms with van der Waals surface area (Å²) in [5, 5.41) is 6.70. The van der Waals surface area contributed by atoms with E-state index in [1.54, 1.807) is 0 Å². The second kappa shape index (κ2) is 5.33. The minimum atomic E-state index is 0.373. The van der Waals surface area contributed by atoms with Crippen LogP contribution in [0.5, 0.6) is 0 Å². The average molecular weight is 262 g/mol. The highest BCUT2D eigenvalue weighted by molar-refractivity contribution is 5.43. The molecule has 0 radical (unpaired) electrons. The molecule has 1 aromatic rings. The molecule has 1 saturated heterocycles. The molecule has 2 fully saturated rings. The first kappa shape index (κ1) is 12.7. The average Bonchev–Trinajstić information content (AvgIpc) is 3.10. The summed E-state index contributed by atoms with van der Waals surface area (Å²) in [5.74, 6) is 2.37. The van der Waals surface area contributed by atoms with Crippen molar-refractivity contribution < 1.29 is 4.74 Å². The van der Waals surface area contributed by atoms with Crippen LogP contribution in [0.2, 0.25) is 0 Å². The lowest BCUT2D eigenvalue weighted by Crippen LogP contribution is -2.31. The number of rotatable bonds is 5. The number of ether oxygens (including phenoxy) is 1. The minimum Gasteiger partial charge on any atom is -0.376 e.